The van der Waals surface area contributed by atoms with Gasteiger partial charge in [-0.1, -0.05) is 47.6 Å². The summed E-state index contributed by atoms with van der Waals surface area (Å²) in [5, 5.41) is 10.9. The zero-order chi connectivity index (χ0) is 17.1. The molecule has 0 bridgehead atoms. The minimum absolute atomic E-state index is 0.212. The number of nitrogens with zero attached hydrogens (tertiary/aromatic N) is 1. The average molecular weight is 366 g/mol. The topological polar surface area (TPSA) is 55.1 Å². The van der Waals surface area contributed by atoms with Gasteiger partial charge in [0.1, 0.15) is 0 Å². The second-order valence-electron chi connectivity index (χ2n) is 5.39. The van der Waals surface area contributed by atoms with Gasteiger partial charge in [0, 0.05) is 10.9 Å². The van der Waals surface area contributed by atoms with E-state index in [4.69, 9.17) is 4.52 Å². The number of hydrogen-bond donors (Lipinski definition) is 1. The van der Waals surface area contributed by atoms with Gasteiger partial charge in [-0.3, -0.25) is 4.79 Å². The van der Waals surface area contributed by atoms with Gasteiger partial charge in [-0.2, -0.15) is 0 Å². The zero-order valence-corrected chi connectivity index (χ0v) is 14.7. The number of carbonyl (C=O) groups is 1. The number of benzene rings is 1. The van der Waals surface area contributed by atoms with Gasteiger partial charge in [0.15, 0.2) is 11.5 Å². The van der Waals surface area contributed by atoms with Crippen LogP contribution in [-0.4, -0.2) is 11.1 Å². The van der Waals surface area contributed by atoms with Crippen LogP contribution in [0.25, 0.3) is 10.6 Å². The van der Waals surface area contributed by atoms with Crippen molar-refractivity contribution in [2.75, 3.05) is 0 Å². The summed E-state index contributed by atoms with van der Waals surface area (Å²) in [4.78, 5) is 14.7. The third-order valence-corrected chi connectivity index (χ3v) is 5.56. The molecule has 0 unspecified atom stereocenters. The van der Waals surface area contributed by atoms with Crippen LogP contribution in [0.15, 0.2) is 75.9 Å². The van der Waals surface area contributed by atoms with Crippen molar-refractivity contribution in [1.29, 1.82) is 0 Å². The number of aromatic nitrogens is 1. The average Bonchev–Trinajstić information content (AvgIpc) is 3.42. The second kappa shape index (κ2) is 7.04. The first-order valence-electron chi connectivity index (χ1n) is 7.71. The highest BCUT2D eigenvalue weighted by atomic mass is 32.1. The van der Waals surface area contributed by atoms with E-state index >= 15 is 0 Å². The second-order valence-corrected chi connectivity index (χ2v) is 7.31. The number of carbonyl (C=O) groups excluding carboxylic acids is 1. The lowest BCUT2D eigenvalue weighted by molar-refractivity contribution is 0.0934. The summed E-state index contributed by atoms with van der Waals surface area (Å²) in [5.74, 6) is 0.348. The van der Waals surface area contributed by atoms with E-state index in [2.05, 4.69) is 10.5 Å². The Morgan fingerprint density at radius 2 is 1.80 bits per heavy atom. The molecule has 4 aromatic rings. The van der Waals surface area contributed by atoms with Crippen molar-refractivity contribution in [3.63, 3.8) is 0 Å². The normalized spacial score (nSPS) is 12.0. The number of hydrogen-bond acceptors (Lipinski definition) is 5. The van der Waals surface area contributed by atoms with Crippen LogP contribution in [0, 0.1) is 0 Å². The number of rotatable bonds is 5. The van der Waals surface area contributed by atoms with Crippen LogP contribution in [0.4, 0.5) is 0 Å². The molecule has 0 aliphatic heterocycles. The van der Waals surface area contributed by atoms with Crippen LogP contribution >= 0.6 is 22.7 Å². The molecule has 0 radical (unpaired) electrons. The molecule has 25 heavy (non-hydrogen) atoms. The molecule has 4 nitrogen and oxygen atoms in total. The molecular weight excluding hydrogens is 352 g/mol. The molecule has 6 heteroatoms. The van der Waals surface area contributed by atoms with Crippen LogP contribution in [-0.2, 0) is 0 Å². The highest BCUT2D eigenvalue weighted by Crippen LogP contribution is 2.28. The highest BCUT2D eigenvalue weighted by Gasteiger charge is 2.21. The molecule has 4 rings (SSSR count). The summed E-state index contributed by atoms with van der Waals surface area (Å²) in [5.41, 5.74) is 1.31. The molecule has 1 atom stereocenters. The van der Waals surface area contributed by atoms with E-state index in [0.717, 1.165) is 15.3 Å². The van der Waals surface area contributed by atoms with E-state index in [1.54, 1.807) is 28.7 Å². The molecule has 124 valence electrons. The maximum absolute atomic E-state index is 12.7. The Balaban J connectivity index is 1.59. The van der Waals surface area contributed by atoms with E-state index in [1.807, 2.05) is 65.4 Å². The van der Waals surface area contributed by atoms with E-state index in [-0.39, 0.29) is 17.6 Å². The third kappa shape index (κ3) is 3.40. The summed E-state index contributed by atoms with van der Waals surface area (Å²) < 4.78 is 5.31. The lowest BCUT2D eigenvalue weighted by atomic mass is 10.1. The van der Waals surface area contributed by atoms with Crippen molar-refractivity contribution in [2.24, 2.45) is 0 Å². The smallest absolute Gasteiger partial charge is 0.274 e. The van der Waals surface area contributed by atoms with Gasteiger partial charge in [-0.15, -0.1) is 22.7 Å². The SMILES string of the molecule is O=C(N[C@@H](c1ccccc1)c1cccs1)c1cc(-c2cccs2)on1. The van der Waals surface area contributed by atoms with E-state index < -0.39 is 0 Å². The van der Waals surface area contributed by atoms with Crippen molar-refractivity contribution in [2.45, 2.75) is 6.04 Å². The van der Waals surface area contributed by atoms with Crippen LogP contribution in [0.5, 0.6) is 0 Å². The van der Waals surface area contributed by atoms with Crippen molar-refractivity contribution in [1.82, 2.24) is 10.5 Å². The first-order chi connectivity index (χ1) is 12.3. The van der Waals surface area contributed by atoms with Gasteiger partial charge in [0.25, 0.3) is 5.91 Å². The molecule has 3 aromatic heterocycles. The fraction of sp³-hybridized carbons (Fsp3) is 0.0526. The Morgan fingerprint density at radius 3 is 2.52 bits per heavy atom. The molecule has 0 saturated heterocycles. The van der Waals surface area contributed by atoms with E-state index in [9.17, 15) is 4.79 Å². The third-order valence-electron chi connectivity index (χ3n) is 3.74. The van der Waals surface area contributed by atoms with Crippen LogP contribution < -0.4 is 5.32 Å². The predicted molar refractivity (Wildman–Crippen MR) is 99.9 cm³/mol. The van der Waals surface area contributed by atoms with Crippen molar-refractivity contribution >= 4 is 28.6 Å². The Hall–Kier alpha value is -2.70. The summed E-state index contributed by atoms with van der Waals surface area (Å²) >= 11 is 3.16. The zero-order valence-electron chi connectivity index (χ0n) is 13.1. The molecule has 0 fully saturated rings. The van der Waals surface area contributed by atoms with E-state index in [1.165, 1.54) is 0 Å². The standard InChI is InChI=1S/C19H14N2O2S2/c22-19(14-12-15(23-21-14)16-8-4-10-24-16)20-18(17-9-5-11-25-17)13-6-2-1-3-7-13/h1-12,18H,(H,20,22)/t18-/m0/s1. The van der Waals surface area contributed by atoms with Crippen LogP contribution in [0.2, 0.25) is 0 Å². The first-order valence-corrected chi connectivity index (χ1v) is 9.47. The van der Waals surface area contributed by atoms with Gasteiger partial charge in [0.2, 0.25) is 0 Å². The molecule has 3 heterocycles. The quantitative estimate of drug-likeness (QED) is 0.542. The van der Waals surface area contributed by atoms with Crippen molar-refractivity contribution in [3.8, 4) is 10.6 Å². The monoisotopic (exact) mass is 366 g/mol. The molecular formula is C19H14N2O2S2. The fourth-order valence-electron chi connectivity index (χ4n) is 2.54. The maximum atomic E-state index is 12.7. The lowest BCUT2D eigenvalue weighted by Gasteiger charge is -2.17. The summed E-state index contributed by atoms with van der Waals surface area (Å²) in [6.45, 7) is 0. The van der Waals surface area contributed by atoms with Gasteiger partial charge in [0.05, 0.1) is 10.9 Å². The van der Waals surface area contributed by atoms with Crippen molar-refractivity contribution < 1.29 is 9.32 Å². The molecule has 0 saturated carbocycles. The van der Waals surface area contributed by atoms with Crippen molar-refractivity contribution in [3.05, 3.63) is 87.6 Å². The Bertz CT molecular complexity index is 945. The van der Waals surface area contributed by atoms with Gasteiger partial charge in [-0.05, 0) is 28.5 Å². The minimum Gasteiger partial charge on any atom is -0.355 e. The number of amides is 1. The first kappa shape index (κ1) is 15.8. The summed E-state index contributed by atoms with van der Waals surface area (Å²) in [6, 6.07) is 19.2. The molecule has 0 aliphatic carbocycles. The van der Waals surface area contributed by atoms with Crippen LogP contribution in [0.3, 0.4) is 0 Å². The fourth-order valence-corrected chi connectivity index (χ4v) is 4.02. The number of thiophene rings is 2. The summed E-state index contributed by atoms with van der Waals surface area (Å²) in [6.07, 6.45) is 0. The van der Waals surface area contributed by atoms with Gasteiger partial charge in [-0.25, -0.2) is 0 Å². The molecule has 0 aliphatic rings. The minimum atomic E-state index is -0.256. The largest absolute Gasteiger partial charge is 0.355 e. The van der Waals surface area contributed by atoms with E-state index in [0.29, 0.717) is 5.76 Å². The predicted octanol–water partition coefficient (Wildman–Crippen LogP) is 4.98. The Labute approximate surface area is 152 Å². The maximum Gasteiger partial charge on any atom is 0.274 e. The Kier molecular flexibility index (Phi) is 4.45. The summed E-state index contributed by atoms with van der Waals surface area (Å²) in [7, 11) is 0. The lowest BCUT2D eigenvalue weighted by Crippen LogP contribution is -2.29. The molecule has 0 spiro atoms. The molecule has 1 amide bonds. The highest BCUT2D eigenvalue weighted by molar-refractivity contribution is 7.13. The number of nitrogens with one attached hydrogen (secondary N) is 1. The molecule has 1 aromatic carbocycles. The Morgan fingerprint density at radius 1 is 1.00 bits per heavy atom. The van der Waals surface area contributed by atoms with Crippen LogP contribution in [0.1, 0.15) is 27.0 Å². The van der Waals surface area contributed by atoms with Gasteiger partial charge >= 0.3 is 0 Å². The van der Waals surface area contributed by atoms with Gasteiger partial charge < -0.3 is 9.84 Å². The molecule has 1 N–H and O–H groups in total.